The highest BCUT2D eigenvalue weighted by Gasteiger charge is 2.33. The van der Waals surface area contributed by atoms with Crippen molar-refractivity contribution in [3.05, 3.63) is 88.9 Å². The third kappa shape index (κ3) is 7.52. The van der Waals surface area contributed by atoms with Crippen LogP contribution in [0.15, 0.2) is 77.7 Å². The zero-order valence-corrected chi connectivity index (χ0v) is 24.1. The van der Waals surface area contributed by atoms with E-state index < -0.39 is 28.5 Å². The number of hydrogen-bond acceptors (Lipinski definition) is 5. The van der Waals surface area contributed by atoms with Crippen LogP contribution in [0.3, 0.4) is 0 Å². The fraction of sp³-hybridized carbons (Fsp3) is 0.310. The van der Waals surface area contributed by atoms with Crippen LogP contribution in [0.5, 0.6) is 5.75 Å². The summed E-state index contributed by atoms with van der Waals surface area (Å²) in [5.74, 6) is -0.272. The molecule has 1 atom stereocenters. The quantitative estimate of drug-likeness (QED) is 0.337. The molecule has 3 rings (SSSR count). The maximum Gasteiger partial charge on any atom is 0.264 e. The topological polar surface area (TPSA) is 96.0 Å². The van der Waals surface area contributed by atoms with Crippen LogP contribution in [0, 0.1) is 6.92 Å². The third-order valence-electron chi connectivity index (χ3n) is 6.25. The average Bonchev–Trinajstić information content (AvgIpc) is 2.94. The number of hydrogen-bond donors (Lipinski definition) is 1. The van der Waals surface area contributed by atoms with Crippen molar-refractivity contribution in [2.75, 3.05) is 24.5 Å². The molecule has 1 N–H and O–H groups in total. The van der Waals surface area contributed by atoms with E-state index in [1.54, 1.807) is 69.5 Å². The lowest BCUT2D eigenvalue weighted by molar-refractivity contribution is -0.139. The maximum atomic E-state index is 14.0. The number of rotatable bonds is 12. The molecule has 0 heterocycles. The van der Waals surface area contributed by atoms with Gasteiger partial charge in [-0.05, 0) is 67.8 Å². The molecule has 0 saturated carbocycles. The van der Waals surface area contributed by atoms with Crippen LogP contribution in [0.1, 0.15) is 31.4 Å². The highest BCUT2D eigenvalue weighted by Crippen LogP contribution is 2.30. The van der Waals surface area contributed by atoms with Gasteiger partial charge >= 0.3 is 0 Å². The highest BCUT2D eigenvalue weighted by atomic mass is 35.5. The number of anilines is 1. The molecule has 0 aliphatic rings. The fourth-order valence-corrected chi connectivity index (χ4v) is 5.69. The molecule has 10 heteroatoms. The summed E-state index contributed by atoms with van der Waals surface area (Å²) in [6, 6.07) is 19.1. The molecule has 3 aromatic rings. The second-order valence-corrected chi connectivity index (χ2v) is 11.4. The van der Waals surface area contributed by atoms with Gasteiger partial charge in [0.1, 0.15) is 18.3 Å². The zero-order chi connectivity index (χ0) is 28.6. The van der Waals surface area contributed by atoms with Gasteiger partial charge in [-0.25, -0.2) is 8.42 Å². The summed E-state index contributed by atoms with van der Waals surface area (Å²) in [6.07, 6.45) is 0.736. The minimum absolute atomic E-state index is 0.0326. The van der Waals surface area contributed by atoms with Crippen molar-refractivity contribution >= 4 is 39.1 Å². The van der Waals surface area contributed by atoms with Gasteiger partial charge < -0.3 is 15.0 Å². The smallest absolute Gasteiger partial charge is 0.264 e. The van der Waals surface area contributed by atoms with Crippen LogP contribution in [0.25, 0.3) is 0 Å². The van der Waals surface area contributed by atoms with Crippen LogP contribution >= 0.6 is 11.6 Å². The Balaban J connectivity index is 2.05. The van der Waals surface area contributed by atoms with Crippen molar-refractivity contribution in [3.63, 3.8) is 0 Å². The molecule has 8 nitrogen and oxygen atoms in total. The molecule has 208 valence electrons. The van der Waals surface area contributed by atoms with Crippen LogP contribution in [0.4, 0.5) is 5.69 Å². The number of nitrogens with one attached hydrogen (secondary N) is 1. The van der Waals surface area contributed by atoms with E-state index in [-0.39, 0.29) is 23.0 Å². The molecule has 0 aliphatic heterocycles. The van der Waals surface area contributed by atoms with E-state index in [0.717, 1.165) is 16.3 Å². The Labute approximate surface area is 235 Å². The molecule has 2 amide bonds. The van der Waals surface area contributed by atoms with E-state index in [1.807, 2.05) is 13.0 Å². The molecule has 0 spiro atoms. The first kappa shape index (κ1) is 30.0. The van der Waals surface area contributed by atoms with Gasteiger partial charge in [0.25, 0.3) is 10.0 Å². The van der Waals surface area contributed by atoms with Gasteiger partial charge in [0.05, 0.1) is 17.7 Å². The molecular weight excluding hydrogens is 538 g/mol. The largest absolute Gasteiger partial charge is 0.497 e. The van der Waals surface area contributed by atoms with E-state index in [0.29, 0.717) is 22.9 Å². The van der Waals surface area contributed by atoms with Gasteiger partial charge in [-0.1, -0.05) is 54.9 Å². The second kappa shape index (κ2) is 13.5. The van der Waals surface area contributed by atoms with Gasteiger partial charge in [-0.15, -0.1) is 0 Å². The van der Waals surface area contributed by atoms with E-state index in [1.165, 1.54) is 23.1 Å². The summed E-state index contributed by atoms with van der Waals surface area (Å²) in [4.78, 5) is 28.3. The number of halogens is 1. The van der Waals surface area contributed by atoms with Crippen LogP contribution < -0.4 is 14.4 Å². The van der Waals surface area contributed by atoms with Gasteiger partial charge in [0.15, 0.2) is 0 Å². The molecule has 0 aromatic heterocycles. The number of methoxy groups -OCH3 is 1. The predicted molar refractivity (Wildman–Crippen MR) is 153 cm³/mol. The van der Waals surface area contributed by atoms with Crippen molar-refractivity contribution in [2.45, 2.75) is 44.7 Å². The van der Waals surface area contributed by atoms with Crippen LogP contribution in [-0.2, 0) is 26.2 Å². The second-order valence-electron chi connectivity index (χ2n) is 9.10. The summed E-state index contributed by atoms with van der Waals surface area (Å²) in [5.41, 5.74) is 1.64. The standard InChI is InChI=1S/C29H34ClN3O5S/c1-5-16-31-29(35)22(3)32(19-23-10-9-11-25(17-23)38-4)28(34)20-33(27-18-24(30)15-14-21(27)2)39(36,37)26-12-7-6-8-13-26/h6-15,17-18,22H,5,16,19-20H2,1-4H3,(H,31,35)/t22-/m0/s1. The minimum atomic E-state index is -4.16. The first-order valence-corrected chi connectivity index (χ1v) is 14.4. The van der Waals surface area contributed by atoms with Gasteiger partial charge in [-0.2, -0.15) is 0 Å². The third-order valence-corrected chi connectivity index (χ3v) is 8.26. The van der Waals surface area contributed by atoms with Crippen molar-refractivity contribution in [2.24, 2.45) is 0 Å². The number of carbonyl (C=O) groups excluding carboxylic acids is 2. The molecule has 0 fully saturated rings. The molecule has 0 unspecified atom stereocenters. The summed E-state index contributed by atoms with van der Waals surface area (Å²) in [6.45, 7) is 5.31. The summed E-state index contributed by atoms with van der Waals surface area (Å²) in [5, 5.41) is 3.16. The lowest BCUT2D eigenvalue weighted by Crippen LogP contribution is -2.51. The number of sulfonamides is 1. The van der Waals surface area contributed by atoms with E-state index in [4.69, 9.17) is 16.3 Å². The molecule has 0 radical (unpaired) electrons. The van der Waals surface area contributed by atoms with Crippen molar-refractivity contribution in [1.82, 2.24) is 10.2 Å². The maximum absolute atomic E-state index is 14.0. The minimum Gasteiger partial charge on any atom is -0.497 e. The molecule has 0 aliphatic carbocycles. The Bertz CT molecular complexity index is 1400. The summed E-state index contributed by atoms with van der Waals surface area (Å²) >= 11 is 6.25. The van der Waals surface area contributed by atoms with E-state index >= 15 is 0 Å². The van der Waals surface area contributed by atoms with Gasteiger partial charge in [0.2, 0.25) is 11.8 Å². The number of carbonyl (C=O) groups is 2. The van der Waals surface area contributed by atoms with Crippen LogP contribution in [0.2, 0.25) is 5.02 Å². The monoisotopic (exact) mass is 571 g/mol. The number of nitrogens with zero attached hydrogens (tertiary/aromatic N) is 2. The van der Waals surface area contributed by atoms with Crippen LogP contribution in [-0.4, -0.2) is 51.4 Å². The molecule has 39 heavy (non-hydrogen) atoms. The van der Waals surface area contributed by atoms with E-state index in [2.05, 4.69) is 5.32 Å². The lowest BCUT2D eigenvalue weighted by Gasteiger charge is -2.32. The lowest BCUT2D eigenvalue weighted by atomic mass is 10.1. The Hall–Kier alpha value is -3.56. The van der Waals surface area contributed by atoms with E-state index in [9.17, 15) is 18.0 Å². The molecular formula is C29H34ClN3O5S. The zero-order valence-electron chi connectivity index (χ0n) is 22.6. The first-order chi connectivity index (χ1) is 18.6. The Morgan fingerprint density at radius 3 is 2.41 bits per heavy atom. The normalized spacial score (nSPS) is 11.9. The summed E-state index contributed by atoms with van der Waals surface area (Å²) in [7, 11) is -2.61. The Morgan fingerprint density at radius 1 is 1.03 bits per heavy atom. The molecule has 0 bridgehead atoms. The highest BCUT2D eigenvalue weighted by molar-refractivity contribution is 7.92. The Kier molecular flexibility index (Phi) is 10.4. The first-order valence-electron chi connectivity index (χ1n) is 12.6. The summed E-state index contributed by atoms with van der Waals surface area (Å²) < 4.78 is 34.1. The number of amides is 2. The predicted octanol–water partition coefficient (Wildman–Crippen LogP) is 4.80. The fourth-order valence-electron chi connectivity index (χ4n) is 4.03. The Morgan fingerprint density at radius 2 is 1.74 bits per heavy atom. The van der Waals surface area contributed by atoms with Gasteiger partial charge in [-0.3, -0.25) is 13.9 Å². The SMILES string of the molecule is CCCNC(=O)[C@H](C)N(Cc1cccc(OC)c1)C(=O)CN(c1cc(Cl)ccc1C)S(=O)(=O)c1ccccc1. The van der Waals surface area contributed by atoms with Crippen molar-refractivity contribution in [1.29, 1.82) is 0 Å². The average molecular weight is 572 g/mol. The molecule has 3 aromatic carbocycles. The number of ether oxygens (including phenoxy) is 1. The number of benzene rings is 3. The molecule has 0 saturated heterocycles. The van der Waals surface area contributed by atoms with Crippen molar-refractivity contribution in [3.8, 4) is 5.75 Å². The van der Waals surface area contributed by atoms with Crippen molar-refractivity contribution < 1.29 is 22.7 Å². The number of aryl methyl sites for hydroxylation is 1. The van der Waals surface area contributed by atoms with Gasteiger partial charge in [0, 0.05) is 18.1 Å².